The van der Waals surface area contributed by atoms with E-state index in [0.29, 0.717) is 19.0 Å². The number of ketones is 4. The first-order valence-electron chi connectivity index (χ1n) is 14.0. The van der Waals surface area contributed by atoms with Gasteiger partial charge in [-0.05, 0) is 81.9 Å². The number of likely N-dealkylation sites (N-methyl/N-ethyl adjacent to an activating group) is 1. The van der Waals surface area contributed by atoms with E-state index in [9.17, 15) is 47.4 Å². The summed E-state index contributed by atoms with van der Waals surface area (Å²) in [6.45, 7) is 3.14. The van der Waals surface area contributed by atoms with E-state index in [4.69, 9.17) is 5.73 Å². The maximum atomic E-state index is 14.7. The van der Waals surface area contributed by atoms with E-state index in [2.05, 4.69) is 6.92 Å². The number of primary amides is 1. The number of alkyl halides is 3. The van der Waals surface area contributed by atoms with Crippen LogP contribution < -0.4 is 5.73 Å². The highest BCUT2D eigenvalue weighted by Gasteiger charge is 2.69. The van der Waals surface area contributed by atoms with Crippen molar-refractivity contribution in [2.45, 2.75) is 57.0 Å². The Morgan fingerprint density at radius 3 is 2.31 bits per heavy atom. The third-order valence-corrected chi connectivity index (χ3v) is 9.70. The fourth-order valence-electron chi connectivity index (χ4n) is 7.68. The van der Waals surface area contributed by atoms with Crippen LogP contribution in [0.2, 0.25) is 0 Å². The molecule has 4 aliphatic rings. The number of likely N-dealkylation sites (tertiary alicyclic amines) is 1. The van der Waals surface area contributed by atoms with Crippen LogP contribution in [0.5, 0.6) is 5.75 Å². The van der Waals surface area contributed by atoms with Gasteiger partial charge in [0.2, 0.25) is 5.91 Å². The van der Waals surface area contributed by atoms with Crippen molar-refractivity contribution in [3.8, 4) is 5.75 Å². The molecule has 2 unspecified atom stereocenters. The summed E-state index contributed by atoms with van der Waals surface area (Å²) < 4.78 is 44.0. The second kappa shape index (κ2) is 10.2. The van der Waals surface area contributed by atoms with Crippen LogP contribution in [0, 0.1) is 29.6 Å². The third kappa shape index (κ3) is 4.47. The highest BCUT2D eigenvalue weighted by molar-refractivity contribution is 6.32. The fourth-order valence-corrected chi connectivity index (χ4v) is 7.68. The number of nitrogens with zero attached hydrogens (tertiary/aromatic N) is 2. The molecule has 42 heavy (non-hydrogen) atoms. The standard InChI is InChI=1S/C29H34F3N3O7/c1-12-4-6-35(7-5-12)11-14-10-17(36)19-15(21(14)29(30,31)32)8-13-9-16-22(34(2)3)24(38)20(27(33)41)26(40)28(16,42)25(39)18(13)23(19)37/h10,12-13,16,18,20,22,36,42H,4-9,11H2,1-3H3,(H2,33,41)/t13-,16-,18?,20?,22-,28-/m0/s1. The molecular weight excluding hydrogens is 559 g/mol. The van der Waals surface area contributed by atoms with Crippen LogP contribution in [-0.4, -0.2) is 87.9 Å². The lowest BCUT2D eigenvalue weighted by Crippen LogP contribution is -2.74. The zero-order valence-electron chi connectivity index (χ0n) is 23.5. The van der Waals surface area contributed by atoms with Crippen LogP contribution in [0.4, 0.5) is 13.2 Å². The summed E-state index contributed by atoms with van der Waals surface area (Å²) in [5.74, 6) is -12.8. The van der Waals surface area contributed by atoms with Gasteiger partial charge < -0.3 is 15.9 Å². The monoisotopic (exact) mass is 593 g/mol. The second-order valence-electron chi connectivity index (χ2n) is 12.5. The normalized spacial score (nSPS) is 32.5. The Bertz CT molecular complexity index is 1390. The number of halogens is 3. The molecule has 10 nitrogen and oxygen atoms in total. The Labute approximate surface area is 240 Å². The van der Waals surface area contributed by atoms with E-state index in [-0.39, 0.29) is 18.5 Å². The van der Waals surface area contributed by atoms with Gasteiger partial charge in [0, 0.05) is 12.5 Å². The van der Waals surface area contributed by atoms with Crippen LogP contribution in [0.1, 0.15) is 53.2 Å². The Hall–Kier alpha value is -3.16. The number of amides is 1. The molecule has 0 radical (unpaired) electrons. The number of phenols is 1. The second-order valence-corrected chi connectivity index (χ2v) is 12.5. The summed E-state index contributed by atoms with van der Waals surface area (Å²) in [6.07, 6.45) is -4.03. The molecule has 13 heteroatoms. The first-order chi connectivity index (χ1) is 19.5. The largest absolute Gasteiger partial charge is 0.507 e. The molecule has 1 saturated heterocycles. The molecule has 6 atom stereocenters. The quantitative estimate of drug-likeness (QED) is 0.435. The molecule has 0 bridgehead atoms. The van der Waals surface area contributed by atoms with Gasteiger partial charge in [-0.1, -0.05) is 6.92 Å². The van der Waals surface area contributed by atoms with Gasteiger partial charge in [0.15, 0.2) is 34.7 Å². The third-order valence-electron chi connectivity index (χ3n) is 9.70. The summed E-state index contributed by atoms with van der Waals surface area (Å²) in [7, 11) is 2.87. The molecule has 2 saturated carbocycles. The minimum Gasteiger partial charge on any atom is -0.507 e. The SMILES string of the molecule is CC1CCN(Cc2cc(O)c3c(c2C(F)(F)F)C[C@H]2C[C@H]4[C@H](N(C)C)C(=O)C(C(N)=O)C(=O)[C@@]4(O)C(=O)C2C3=O)CC1. The number of piperidine rings is 1. The predicted octanol–water partition coefficient (Wildman–Crippen LogP) is 1.12. The number of Topliss-reactive ketones (excluding diaryl/α,β-unsaturated/α-hetero) is 4. The van der Waals surface area contributed by atoms with Crippen molar-refractivity contribution in [3.63, 3.8) is 0 Å². The molecule has 5 rings (SSSR count). The first kappa shape index (κ1) is 30.3. The van der Waals surface area contributed by atoms with E-state index in [1.807, 2.05) is 4.90 Å². The Kier molecular flexibility index (Phi) is 7.38. The summed E-state index contributed by atoms with van der Waals surface area (Å²) in [5, 5.41) is 22.5. The van der Waals surface area contributed by atoms with E-state index >= 15 is 0 Å². The van der Waals surface area contributed by atoms with Crippen LogP contribution in [0.3, 0.4) is 0 Å². The lowest BCUT2D eigenvalue weighted by atomic mass is 9.52. The van der Waals surface area contributed by atoms with Crippen LogP contribution >= 0.6 is 0 Å². The van der Waals surface area contributed by atoms with E-state index in [1.54, 1.807) is 0 Å². The van der Waals surface area contributed by atoms with Crippen molar-refractivity contribution in [1.82, 2.24) is 9.80 Å². The molecular formula is C29H34F3N3O7. The van der Waals surface area contributed by atoms with Crippen molar-refractivity contribution in [2.75, 3.05) is 27.2 Å². The van der Waals surface area contributed by atoms with Crippen LogP contribution in [0.25, 0.3) is 0 Å². The Morgan fingerprint density at radius 2 is 1.76 bits per heavy atom. The van der Waals surface area contributed by atoms with Gasteiger partial charge in [-0.25, -0.2) is 0 Å². The number of phenolic OH excluding ortho intramolecular Hbond substituents is 1. The average molecular weight is 594 g/mol. The average Bonchev–Trinajstić information content (AvgIpc) is 2.86. The van der Waals surface area contributed by atoms with Gasteiger partial charge >= 0.3 is 6.18 Å². The number of aromatic hydroxyl groups is 1. The van der Waals surface area contributed by atoms with Gasteiger partial charge in [0.1, 0.15) is 5.75 Å². The lowest BCUT2D eigenvalue weighted by Gasteiger charge is -2.52. The molecule has 0 aromatic heterocycles. The van der Waals surface area contributed by atoms with Gasteiger partial charge in [0.05, 0.1) is 23.1 Å². The number of benzene rings is 1. The first-order valence-corrected chi connectivity index (χ1v) is 14.0. The molecule has 0 spiro atoms. The molecule has 228 valence electrons. The molecule has 1 aromatic rings. The summed E-state index contributed by atoms with van der Waals surface area (Å²) in [5.41, 5.74) is 0.0348. The van der Waals surface area contributed by atoms with Gasteiger partial charge in [-0.15, -0.1) is 0 Å². The number of rotatable bonds is 4. The van der Waals surface area contributed by atoms with Crippen molar-refractivity contribution in [3.05, 3.63) is 28.3 Å². The number of hydrogen-bond acceptors (Lipinski definition) is 9. The highest BCUT2D eigenvalue weighted by Crippen LogP contribution is 2.52. The maximum absolute atomic E-state index is 14.7. The number of carbonyl (C=O) groups is 5. The molecule has 1 amide bonds. The van der Waals surface area contributed by atoms with Gasteiger partial charge in [0.25, 0.3) is 0 Å². The minimum atomic E-state index is -4.89. The summed E-state index contributed by atoms with van der Waals surface area (Å²) >= 11 is 0. The Morgan fingerprint density at radius 1 is 1.14 bits per heavy atom. The van der Waals surface area contributed by atoms with Crippen molar-refractivity contribution < 1.29 is 47.4 Å². The number of fused-ring (bicyclic) bond motifs is 3. The number of carbonyl (C=O) groups excluding carboxylic acids is 5. The summed E-state index contributed by atoms with van der Waals surface area (Å²) in [4.78, 5) is 69.4. The topological polar surface area (TPSA) is 158 Å². The van der Waals surface area contributed by atoms with E-state index < -0.39 is 99.4 Å². The molecule has 3 fully saturated rings. The molecule has 1 heterocycles. The smallest absolute Gasteiger partial charge is 0.417 e. The van der Waals surface area contributed by atoms with Gasteiger partial charge in [-0.2, -0.15) is 13.2 Å². The summed E-state index contributed by atoms with van der Waals surface area (Å²) in [6, 6.07) is -0.423. The number of aliphatic hydroxyl groups is 1. The van der Waals surface area contributed by atoms with Crippen molar-refractivity contribution in [2.24, 2.45) is 35.3 Å². The van der Waals surface area contributed by atoms with Crippen LogP contribution in [-0.2, 0) is 38.3 Å². The van der Waals surface area contributed by atoms with Crippen molar-refractivity contribution in [1.29, 1.82) is 0 Å². The van der Waals surface area contributed by atoms with Crippen LogP contribution in [0.15, 0.2) is 6.07 Å². The zero-order valence-corrected chi connectivity index (χ0v) is 23.5. The highest BCUT2D eigenvalue weighted by atomic mass is 19.4. The Balaban J connectivity index is 1.62. The van der Waals surface area contributed by atoms with Gasteiger partial charge in [-0.3, -0.25) is 33.8 Å². The fraction of sp³-hybridized carbons (Fsp3) is 0.621. The minimum absolute atomic E-state index is 0.0911. The molecule has 3 aliphatic carbocycles. The number of hydrogen-bond donors (Lipinski definition) is 3. The predicted molar refractivity (Wildman–Crippen MR) is 140 cm³/mol. The molecule has 4 N–H and O–H groups in total. The molecule has 1 aliphatic heterocycles. The lowest BCUT2D eigenvalue weighted by molar-refractivity contribution is -0.181. The van der Waals surface area contributed by atoms with Crippen molar-refractivity contribution >= 4 is 29.0 Å². The van der Waals surface area contributed by atoms with E-state index in [1.165, 1.54) is 19.0 Å². The van der Waals surface area contributed by atoms with E-state index in [0.717, 1.165) is 18.9 Å². The maximum Gasteiger partial charge on any atom is 0.417 e. The zero-order chi connectivity index (χ0) is 31.0. The molecule has 1 aromatic carbocycles. The number of nitrogens with two attached hydrogens (primary N) is 1.